The van der Waals surface area contributed by atoms with Crippen molar-refractivity contribution in [1.29, 1.82) is 0 Å². The van der Waals surface area contributed by atoms with Gasteiger partial charge in [-0.3, -0.25) is 9.51 Å². The van der Waals surface area contributed by atoms with Crippen LogP contribution in [0, 0.1) is 5.82 Å². The molecule has 0 aliphatic heterocycles. The molecule has 0 atom stereocenters. The molecule has 2 N–H and O–H groups in total. The van der Waals surface area contributed by atoms with E-state index in [4.69, 9.17) is 4.74 Å². The molecular weight excluding hydrogens is 459 g/mol. The zero-order chi connectivity index (χ0) is 23.3. The van der Waals surface area contributed by atoms with E-state index in [-0.39, 0.29) is 11.6 Å². The summed E-state index contributed by atoms with van der Waals surface area (Å²) in [4.78, 5) is 27.6. The molecule has 0 unspecified atom stereocenters. The molecule has 0 radical (unpaired) electrons. The molecule has 168 valence electrons. The SMILES string of the molecule is O=c1[nH]c(-c2ccc(Nc3ncc(Sc4ccccn4)cc3Oc3ccc(F)cc3)nc2)no1. The van der Waals surface area contributed by atoms with E-state index in [0.29, 0.717) is 28.7 Å². The highest BCUT2D eigenvalue weighted by atomic mass is 32.2. The first-order valence-corrected chi connectivity index (χ1v) is 10.8. The van der Waals surface area contributed by atoms with Gasteiger partial charge >= 0.3 is 5.76 Å². The van der Waals surface area contributed by atoms with Gasteiger partial charge in [-0.1, -0.05) is 23.0 Å². The molecule has 0 amide bonds. The van der Waals surface area contributed by atoms with Crippen LogP contribution in [-0.4, -0.2) is 25.1 Å². The summed E-state index contributed by atoms with van der Waals surface area (Å²) in [5.74, 6) is 1.02. The Hall–Kier alpha value is -4.51. The number of ether oxygens (including phenoxy) is 1. The Balaban J connectivity index is 1.42. The second-order valence-corrected chi connectivity index (χ2v) is 7.94. The predicted octanol–water partition coefficient (Wildman–Crippen LogP) is 5.04. The average Bonchev–Trinajstić information content (AvgIpc) is 3.29. The lowest BCUT2D eigenvalue weighted by Crippen LogP contribution is -2.00. The van der Waals surface area contributed by atoms with Crippen molar-refractivity contribution in [3.8, 4) is 22.9 Å². The predicted molar refractivity (Wildman–Crippen MR) is 123 cm³/mol. The largest absolute Gasteiger partial charge is 0.453 e. The molecule has 5 rings (SSSR count). The maximum atomic E-state index is 13.3. The number of nitrogens with zero attached hydrogens (tertiary/aromatic N) is 4. The number of halogens is 1. The van der Waals surface area contributed by atoms with Gasteiger partial charge in [-0.15, -0.1) is 0 Å². The summed E-state index contributed by atoms with van der Waals surface area (Å²) in [5, 5.41) is 7.56. The van der Waals surface area contributed by atoms with Crippen molar-refractivity contribution in [2.45, 2.75) is 9.92 Å². The number of benzene rings is 1. The van der Waals surface area contributed by atoms with Gasteiger partial charge in [-0.2, -0.15) is 0 Å². The molecule has 5 aromatic rings. The van der Waals surface area contributed by atoms with E-state index in [9.17, 15) is 9.18 Å². The van der Waals surface area contributed by atoms with Gasteiger partial charge in [0.25, 0.3) is 0 Å². The number of aromatic amines is 1. The Bertz CT molecular complexity index is 1460. The molecule has 0 aliphatic carbocycles. The fourth-order valence-corrected chi connectivity index (χ4v) is 3.67. The number of hydrogen-bond acceptors (Lipinski definition) is 9. The molecular formula is C23H15FN6O3S. The minimum absolute atomic E-state index is 0.276. The number of pyridine rings is 3. The van der Waals surface area contributed by atoms with E-state index in [1.165, 1.54) is 42.2 Å². The van der Waals surface area contributed by atoms with E-state index in [1.54, 1.807) is 24.5 Å². The minimum Gasteiger partial charge on any atom is -0.453 e. The number of anilines is 2. The van der Waals surface area contributed by atoms with E-state index in [1.807, 2.05) is 24.3 Å². The van der Waals surface area contributed by atoms with Crippen LogP contribution in [0.15, 0.2) is 98.5 Å². The van der Waals surface area contributed by atoms with Crippen LogP contribution in [0.25, 0.3) is 11.4 Å². The summed E-state index contributed by atoms with van der Waals surface area (Å²) in [6.45, 7) is 0. The van der Waals surface area contributed by atoms with Crippen LogP contribution in [-0.2, 0) is 0 Å². The Morgan fingerprint density at radius 2 is 1.88 bits per heavy atom. The van der Waals surface area contributed by atoms with Crippen molar-refractivity contribution < 1.29 is 13.7 Å². The zero-order valence-electron chi connectivity index (χ0n) is 17.3. The number of H-pyrrole nitrogens is 1. The van der Waals surface area contributed by atoms with E-state index in [0.717, 1.165) is 9.92 Å². The summed E-state index contributed by atoms with van der Waals surface area (Å²) >= 11 is 1.43. The Morgan fingerprint density at radius 3 is 2.59 bits per heavy atom. The molecule has 0 bridgehead atoms. The summed E-state index contributed by atoms with van der Waals surface area (Å²) in [6, 6.07) is 16.6. The monoisotopic (exact) mass is 474 g/mol. The Labute approximate surface area is 196 Å². The minimum atomic E-state index is -0.646. The number of hydrogen-bond donors (Lipinski definition) is 2. The molecule has 4 aromatic heterocycles. The first-order valence-electron chi connectivity index (χ1n) is 9.94. The lowest BCUT2D eigenvalue weighted by molar-refractivity contribution is 0.388. The maximum Gasteiger partial charge on any atom is 0.439 e. The van der Waals surface area contributed by atoms with Crippen molar-refractivity contribution in [2.24, 2.45) is 0 Å². The third kappa shape index (κ3) is 5.10. The van der Waals surface area contributed by atoms with Crippen LogP contribution in [0.1, 0.15) is 0 Å². The number of rotatable bonds is 7. The van der Waals surface area contributed by atoms with Crippen LogP contribution in [0.3, 0.4) is 0 Å². The van der Waals surface area contributed by atoms with E-state index >= 15 is 0 Å². The molecule has 0 fully saturated rings. The normalized spacial score (nSPS) is 10.7. The van der Waals surface area contributed by atoms with Gasteiger partial charge in [-0.05, 0) is 48.5 Å². The Morgan fingerprint density at radius 1 is 1.00 bits per heavy atom. The molecule has 0 spiro atoms. The first-order chi connectivity index (χ1) is 16.6. The first kappa shape index (κ1) is 21.3. The van der Waals surface area contributed by atoms with Gasteiger partial charge in [0.1, 0.15) is 22.4 Å². The lowest BCUT2D eigenvalue weighted by Gasteiger charge is -2.13. The maximum absolute atomic E-state index is 13.3. The lowest BCUT2D eigenvalue weighted by atomic mass is 10.2. The summed E-state index contributed by atoms with van der Waals surface area (Å²) < 4.78 is 23.8. The van der Waals surface area contributed by atoms with Gasteiger partial charge in [0.2, 0.25) is 0 Å². The smallest absolute Gasteiger partial charge is 0.439 e. The van der Waals surface area contributed by atoms with Crippen LogP contribution in [0.5, 0.6) is 11.5 Å². The highest BCUT2D eigenvalue weighted by Gasteiger charge is 2.12. The second-order valence-electron chi connectivity index (χ2n) is 6.84. The fourth-order valence-electron chi connectivity index (χ4n) is 2.90. The van der Waals surface area contributed by atoms with Gasteiger partial charge in [0.05, 0.1) is 0 Å². The second kappa shape index (κ2) is 9.55. The van der Waals surface area contributed by atoms with Crippen LogP contribution in [0.2, 0.25) is 0 Å². The van der Waals surface area contributed by atoms with Crippen molar-refractivity contribution in [3.63, 3.8) is 0 Å². The number of aromatic nitrogens is 5. The highest BCUT2D eigenvalue weighted by molar-refractivity contribution is 7.99. The van der Waals surface area contributed by atoms with E-state index < -0.39 is 5.76 Å². The molecule has 11 heteroatoms. The van der Waals surface area contributed by atoms with Gasteiger partial charge in [0, 0.05) is 35.1 Å². The average molecular weight is 474 g/mol. The van der Waals surface area contributed by atoms with Crippen LogP contribution < -0.4 is 15.8 Å². The molecule has 1 aromatic carbocycles. The molecule has 9 nitrogen and oxygen atoms in total. The zero-order valence-corrected chi connectivity index (χ0v) is 18.1. The summed E-state index contributed by atoms with van der Waals surface area (Å²) in [7, 11) is 0. The van der Waals surface area contributed by atoms with Gasteiger partial charge in [-0.25, -0.2) is 24.1 Å². The highest BCUT2D eigenvalue weighted by Crippen LogP contribution is 2.35. The third-order valence-electron chi connectivity index (χ3n) is 4.45. The fraction of sp³-hybridized carbons (Fsp3) is 0. The molecule has 4 heterocycles. The number of nitrogens with one attached hydrogen (secondary N) is 2. The van der Waals surface area contributed by atoms with Crippen molar-refractivity contribution in [1.82, 2.24) is 25.1 Å². The third-order valence-corrected chi connectivity index (χ3v) is 5.36. The topological polar surface area (TPSA) is 119 Å². The quantitative estimate of drug-likeness (QED) is 0.334. The van der Waals surface area contributed by atoms with Gasteiger partial charge < -0.3 is 10.1 Å². The van der Waals surface area contributed by atoms with Crippen LogP contribution >= 0.6 is 11.8 Å². The van der Waals surface area contributed by atoms with Crippen LogP contribution in [0.4, 0.5) is 16.0 Å². The summed E-state index contributed by atoms with van der Waals surface area (Å²) in [6.07, 6.45) is 4.93. The standard InChI is InChI=1S/C23H15FN6O3S/c24-15-5-7-16(8-6-15)32-18-11-17(34-20-3-1-2-10-25-20)13-27-22(18)28-19-9-4-14(12-26-19)21-29-23(31)33-30-21/h1-13H,(H,26,27,28)(H,29,30,31). The van der Waals surface area contributed by atoms with Crippen molar-refractivity contribution in [3.05, 3.63) is 95.6 Å². The Kier molecular flexibility index (Phi) is 5.99. The summed E-state index contributed by atoms with van der Waals surface area (Å²) in [5.41, 5.74) is 0.578. The van der Waals surface area contributed by atoms with Gasteiger partial charge in [0.15, 0.2) is 17.4 Å². The molecule has 0 aliphatic rings. The van der Waals surface area contributed by atoms with Crippen molar-refractivity contribution >= 4 is 23.4 Å². The molecule has 34 heavy (non-hydrogen) atoms. The molecule has 0 saturated heterocycles. The molecule has 0 saturated carbocycles. The van der Waals surface area contributed by atoms with Crippen molar-refractivity contribution in [2.75, 3.05) is 5.32 Å². The van der Waals surface area contributed by atoms with E-state index in [2.05, 4.69) is 34.9 Å².